The SMILES string of the molecule is CCN(CCC(=O)O)C(=O)NCCCC1CC1. The van der Waals surface area contributed by atoms with Crippen LogP contribution in [-0.4, -0.2) is 41.6 Å². The molecule has 2 amide bonds. The molecule has 2 N–H and O–H groups in total. The lowest BCUT2D eigenvalue weighted by Gasteiger charge is -2.20. The van der Waals surface area contributed by atoms with Crippen molar-refractivity contribution in [2.45, 2.75) is 39.0 Å². The van der Waals surface area contributed by atoms with Gasteiger partial charge >= 0.3 is 12.0 Å². The molecule has 98 valence electrons. The molecule has 5 heteroatoms. The number of carboxylic acid groups (broad SMARTS) is 1. The molecule has 0 aliphatic heterocycles. The van der Waals surface area contributed by atoms with Gasteiger partial charge in [-0.15, -0.1) is 0 Å². The number of hydrogen-bond acceptors (Lipinski definition) is 2. The van der Waals surface area contributed by atoms with Crippen molar-refractivity contribution in [1.82, 2.24) is 10.2 Å². The molecule has 0 heterocycles. The molecule has 0 saturated heterocycles. The van der Waals surface area contributed by atoms with Gasteiger partial charge in [0.2, 0.25) is 0 Å². The van der Waals surface area contributed by atoms with Gasteiger partial charge in [0.05, 0.1) is 6.42 Å². The van der Waals surface area contributed by atoms with Crippen LogP contribution < -0.4 is 5.32 Å². The minimum Gasteiger partial charge on any atom is -0.481 e. The van der Waals surface area contributed by atoms with Gasteiger partial charge < -0.3 is 15.3 Å². The molecular formula is C12H22N2O3. The van der Waals surface area contributed by atoms with E-state index < -0.39 is 5.97 Å². The Morgan fingerprint density at radius 2 is 2.12 bits per heavy atom. The van der Waals surface area contributed by atoms with Gasteiger partial charge in [0.1, 0.15) is 0 Å². The summed E-state index contributed by atoms with van der Waals surface area (Å²) in [6, 6.07) is -0.149. The summed E-state index contributed by atoms with van der Waals surface area (Å²) in [6.07, 6.45) is 4.90. The van der Waals surface area contributed by atoms with Crippen molar-refractivity contribution in [2.24, 2.45) is 5.92 Å². The zero-order valence-electron chi connectivity index (χ0n) is 10.4. The lowest BCUT2D eigenvalue weighted by Crippen LogP contribution is -2.41. The normalized spacial score (nSPS) is 14.4. The molecule has 0 unspecified atom stereocenters. The van der Waals surface area contributed by atoms with Crippen molar-refractivity contribution in [1.29, 1.82) is 0 Å². The molecule has 1 aliphatic carbocycles. The number of nitrogens with one attached hydrogen (secondary N) is 1. The van der Waals surface area contributed by atoms with Gasteiger partial charge in [-0.3, -0.25) is 4.79 Å². The van der Waals surface area contributed by atoms with E-state index in [4.69, 9.17) is 5.11 Å². The molecule has 0 bridgehead atoms. The molecule has 5 nitrogen and oxygen atoms in total. The first-order valence-corrected chi connectivity index (χ1v) is 6.38. The van der Waals surface area contributed by atoms with Crippen LogP contribution in [-0.2, 0) is 4.79 Å². The minimum absolute atomic E-state index is 0.00331. The van der Waals surface area contributed by atoms with E-state index in [1.165, 1.54) is 24.2 Å². The molecule has 0 atom stereocenters. The van der Waals surface area contributed by atoms with E-state index in [1.54, 1.807) is 0 Å². The monoisotopic (exact) mass is 242 g/mol. The number of nitrogens with zero attached hydrogens (tertiary/aromatic N) is 1. The number of aliphatic carboxylic acids is 1. The zero-order valence-corrected chi connectivity index (χ0v) is 10.4. The number of urea groups is 1. The molecule has 0 spiro atoms. The number of amides is 2. The van der Waals surface area contributed by atoms with Crippen molar-refractivity contribution in [2.75, 3.05) is 19.6 Å². The summed E-state index contributed by atoms with van der Waals surface area (Å²) in [4.78, 5) is 23.6. The Kier molecular flexibility index (Phi) is 5.80. The summed E-state index contributed by atoms with van der Waals surface area (Å²) in [5.41, 5.74) is 0. The quantitative estimate of drug-likeness (QED) is 0.636. The van der Waals surface area contributed by atoms with Crippen LogP contribution in [0.25, 0.3) is 0 Å². The Balaban J connectivity index is 2.10. The first-order valence-electron chi connectivity index (χ1n) is 6.38. The third-order valence-corrected chi connectivity index (χ3v) is 3.03. The highest BCUT2D eigenvalue weighted by atomic mass is 16.4. The number of carbonyl (C=O) groups is 2. The van der Waals surface area contributed by atoms with Crippen LogP contribution in [0.3, 0.4) is 0 Å². The molecule has 1 saturated carbocycles. The smallest absolute Gasteiger partial charge is 0.317 e. The molecular weight excluding hydrogens is 220 g/mol. The third kappa shape index (κ3) is 6.14. The van der Waals surface area contributed by atoms with Gasteiger partial charge in [-0.1, -0.05) is 12.8 Å². The van der Waals surface area contributed by atoms with Crippen LogP contribution >= 0.6 is 0 Å². The van der Waals surface area contributed by atoms with Gasteiger partial charge in [0.25, 0.3) is 0 Å². The topological polar surface area (TPSA) is 69.6 Å². The highest BCUT2D eigenvalue weighted by Gasteiger charge is 2.20. The highest BCUT2D eigenvalue weighted by molar-refractivity contribution is 5.75. The molecule has 0 aromatic carbocycles. The zero-order chi connectivity index (χ0) is 12.7. The van der Waals surface area contributed by atoms with Crippen molar-refractivity contribution in [3.8, 4) is 0 Å². The first kappa shape index (κ1) is 13.8. The fourth-order valence-electron chi connectivity index (χ4n) is 1.74. The van der Waals surface area contributed by atoms with E-state index in [9.17, 15) is 9.59 Å². The van der Waals surface area contributed by atoms with Crippen LogP contribution in [0.1, 0.15) is 39.0 Å². The van der Waals surface area contributed by atoms with E-state index >= 15 is 0 Å². The van der Waals surface area contributed by atoms with Crippen molar-refractivity contribution < 1.29 is 14.7 Å². The van der Waals surface area contributed by atoms with Crippen molar-refractivity contribution in [3.05, 3.63) is 0 Å². The van der Waals surface area contributed by atoms with Crippen molar-refractivity contribution >= 4 is 12.0 Å². The minimum atomic E-state index is -0.870. The lowest BCUT2D eigenvalue weighted by molar-refractivity contribution is -0.137. The van der Waals surface area contributed by atoms with Gasteiger partial charge in [0.15, 0.2) is 0 Å². The summed E-state index contributed by atoms with van der Waals surface area (Å²) < 4.78 is 0. The average Bonchev–Trinajstić information content (AvgIpc) is 3.08. The number of rotatable bonds is 8. The number of carboxylic acids is 1. The maximum Gasteiger partial charge on any atom is 0.317 e. The second-order valence-corrected chi connectivity index (χ2v) is 4.54. The Labute approximate surface area is 102 Å². The van der Waals surface area contributed by atoms with Gasteiger partial charge in [-0.05, 0) is 25.7 Å². The third-order valence-electron chi connectivity index (χ3n) is 3.03. The van der Waals surface area contributed by atoms with Crippen LogP contribution in [0, 0.1) is 5.92 Å². The fraction of sp³-hybridized carbons (Fsp3) is 0.833. The molecule has 0 aromatic heterocycles. The Hall–Kier alpha value is -1.26. The maximum atomic E-state index is 11.7. The fourth-order valence-corrected chi connectivity index (χ4v) is 1.74. The van der Waals surface area contributed by atoms with Gasteiger partial charge in [0, 0.05) is 19.6 Å². The highest BCUT2D eigenvalue weighted by Crippen LogP contribution is 2.33. The van der Waals surface area contributed by atoms with Gasteiger partial charge in [-0.25, -0.2) is 4.79 Å². The van der Waals surface area contributed by atoms with Crippen LogP contribution in [0.15, 0.2) is 0 Å². The van der Waals surface area contributed by atoms with Crippen LogP contribution in [0.5, 0.6) is 0 Å². The predicted octanol–water partition coefficient (Wildman–Crippen LogP) is 1.68. The molecule has 17 heavy (non-hydrogen) atoms. The standard InChI is InChI=1S/C12H22N2O3/c1-2-14(9-7-11(15)16)12(17)13-8-3-4-10-5-6-10/h10H,2-9H2,1H3,(H,13,17)(H,15,16). The summed E-state index contributed by atoms with van der Waals surface area (Å²) in [5, 5.41) is 11.4. The lowest BCUT2D eigenvalue weighted by atomic mass is 10.2. The Bertz CT molecular complexity index is 264. The van der Waals surface area contributed by atoms with E-state index in [1.807, 2.05) is 6.92 Å². The van der Waals surface area contributed by atoms with E-state index in [2.05, 4.69) is 5.32 Å². The summed E-state index contributed by atoms with van der Waals surface area (Å²) >= 11 is 0. The number of carbonyl (C=O) groups excluding carboxylic acids is 1. The molecule has 1 fully saturated rings. The number of hydrogen-bond donors (Lipinski definition) is 2. The summed E-state index contributed by atoms with van der Waals surface area (Å²) in [7, 11) is 0. The molecule has 1 aliphatic rings. The second kappa shape index (κ2) is 7.14. The van der Waals surface area contributed by atoms with Crippen LogP contribution in [0.4, 0.5) is 4.79 Å². The van der Waals surface area contributed by atoms with E-state index in [0.717, 1.165) is 12.3 Å². The molecule has 0 radical (unpaired) electrons. The summed E-state index contributed by atoms with van der Waals surface area (Å²) in [5.74, 6) is 0.0196. The predicted molar refractivity (Wildman–Crippen MR) is 64.9 cm³/mol. The van der Waals surface area contributed by atoms with Gasteiger partial charge in [-0.2, -0.15) is 0 Å². The average molecular weight is 242 g/mol. The molecule has 0 aromatic rings. The second-order valence-electron chi connectivity index (χ2n) is 4.54. The maximum absolute atomic E-state index is 11.7. The largest absolute Gasteiger partial charge is 0.481 e. The summed E-state index contributed by atoms with van der Waals surface area (Å²) in [6.45, 7) is 3.37. The van der Waals surface area contributed by atoms with Crippen molar-refractivity contribution in [3.63, 3.8) is 0 Å². The molecule has 1 rings (SSSR count). The van der Waals surface area contributed by atoms with Crippen LogP contribution in [0.2, 0.25) is 0 Å². The van der Waals surface area contributed by atoms with E-state index in [0.29, 0.717) is 13.1 Å². The first-order chi connectivity index (χ1) is 8.13. The Morgan fingerprint density at radius 3 is 2.65 bits per heavy atom. The van der Waals surface area contributed by atoms with E-state index in [-0.39, 0.29) is 19.0 Å². The Morgan fingerprint density at radius 1 is 1.41 bits per heavy atom.